The highest BCUT2D eigenvalue weighted by Gasteiger charge is 2.23. The largest absolute Gasteiger partial charge is 0.255 e. The van der Waals surface area contributed by atoms with Gasteiger partial charge in [0.2, 0.25) is 0 Å². The molecule has 0 atom stereocenters. The van der Waals surface area contributed by atoms with Gasteiger partial charge in [0.05, 0.1) is 5.69 Å². The van der Waals surface area contributed by atoms with Crippen molar-refractivity contribution in [2.45, 2.75) is 0 Å². The molecule has 0 saturated heterocycles. The van der Waals surface area contributed by atoms with Crippen molar-refractivity contribution < 1.29 is 0 Å². The molecule has 24 heavy (non-hydrogen) atoms. The molecule has 3 aromatic heterocycles. The Morgan fingerprint density at radius 1 is 0.583 bits per heavy atom. The van der Waals surface area contributed by atoms with Crippen molar-refractivity contribution in [2.75, 3.05) is 0 Å². The van der Waals surface area contributed by atoms with E-state index < -0.39 is 0 Å². The predicted octanol–water partition coefficient (Wildman–Crippen LogP) is 6.95. The SMILES string of the molecule is c1cc2c3c(c1)ccc1sc4ccc5sc6ccnc-2c6c5c4c13. The second kappa shape index (κ2) is 3.77. The minimum atomic E-state index is 1.14. The summed E-state index contributed by atoms with van der Waals surface area (Å²) in [6, 6.07) is 17.9. The second-order valence-corrected chi connectivity index (χ2v) is 8.56. The van der Waals surface area contributed by atoms with E-state index in [2.05, 4.69) is 48.5 Å². The molecule has 0 aliphatic heterocycles. The quantitative estimate of drug-likeness (QED) is 0.291. The number of pyridine rings is 1. The highest BCUT2D eigenvalue weighted by Crippen LogP contribution is 2.52. The van der Waals surface area contributed by atoms with Crippen LogP contribution >= 0.6 is 22.7 Å². The van der Waals surface area contributed by atoms with Gasteiger partial charge >= 0.3 is 0 Å². The summed E-state index contributed by atoms with van der Waals surface area (Å²) < 4.78 is 5.48. The van der Waals surface area contributed by atoms with Crippen LogP contribution in [-0.2, 0) is 0 Å². The standard InChI is InChI=1S/C21H9NS2/c1-2-10-4-5-12-17-16(10)11(3-1)21-20-15(8-9-22-21)24-14-7-6-13(23-12)18(17)19(14)20/h1-9H. The van der Waals surface area contributed by atoms with Gasteiger partial charge in [-0.1, -0.05) is 24.3 Å². The Kier molecular flexibility index (Phi) is 1.88. The Bertz CT molecular complexity index is 1500. The first-order chi connectivity index (χ1) is 11.9. The van der Waals surface area contributed by atoms with Crippen molar-refractivity contribution >= 4 is 73.8 Å². The third kappa shape index (κ3) is 1.17. The summed E-state index contributed by atoms with van der Waals surface area (Å²) in [6.45, 7) is 0. The summed E-state index contributed by atoms with van der Waals surface area (Å²) in [5.74, 6) is 0. The maximum absolute atomic E-state index is 4.83. The smallest absolute Gasteiger partial charge is 0.0801 e. The molecule has 0 spiro atoms. The molecular formula is C21H9NS2. The van der Waals surface area contributed by atoms with Crippen LogP contribution in [-0.4, -0.2) is 4.98 Å². The van der Waals surface area contributed by atoms with Crippen LogP contribution in [0, 0.1) is 0 Å². The second-order valence-electron chi connectivity index (χ2n) is 6.39. The number of fused-ring (bicyclic) bond motifs is 1. The number of hydrogen-bond acceptors (Lipinski definition) is 3. The normalized spacial score (nSPS) is 13.0. The van der Waals surface area contributed by atoms with Crippen LogP contribution in [0.25, 0.3) is 62.4 Å². The molecule has 0 amide bonds. The molecule has 0 N–H and O–H groups in total. The molecule has 3 aromatic carbocycles. The van der Waals surface area contributed by atoms with E-state index >= 15 is 0 Å². The first kappa shape index (κ1) is 12.0. The maximum atomic E-state index is 4.83. The molecule has 0 radical (unpaired) electrons. The lowest BCUT2D eigenvalue weighted by Gasteiger charge is -2.07. The number of nitrogens with zero attached hydrogens (tertiary/aromatic N) is 1. The molecule has 3 heteroatoms. The summed E-state index contributed by atoms with van der Waals surface area (Å²) >= 11 is 3.80. The first-order valence-electron chi connectivity index (χ1n) is 7.99. The highest BCUT2D eigenvalue weighted by atomic mass is 32.1. The summed E-state index contributed by atoms with van der Waals surface area (Å²) in [4.78, 5) is 4.83. The van der Waals surface area contributed by atoms with Crippen molar-refractivity contribution in [3.8, 4) is 11.3 Å². The predicted molar refractivity (Wildman–Crippen MR) is 107 cm³/mol. The lowest BCUT2D eigenvalue weighted by molar-refractivity contribution is 1.37. The zero-order valence-electron chi connectivity index (χ0n) is 12.5. The average molecular weight is 339 g/mol. The zero-order valence-corrected chi connectivity index (χ0v) is 14.1. The van der Waals surface area contributed by atoms with Crippen LogP contribution in [0.5, 0.6) is 0 Å². The van der Waals surface area contributed by atoms with Gasteiger partial charge in [-0.15, -0.1) is 22.7 Å². The van der Waals surface area contributed by atoms with Crippen LogP contribution in [0.4, 0.5) is 0 Å². The Hall–Kier alpha value is -2.49. The van der Waals surface area contributed by atoms with Crippen LogP contribution in [0.2, 0.25) is 0 Å². The van der Waals surface area contributed by atoms with Crippen molar-refractivity contribution in [3.05, 3.63) is 54.7 Å². The third-order valence-corrected chi connectivity index (χ3v) is 7.48. The van der Waals surface area contributed by atoms with Gasteiger partial charge in [-0.2, -0.15) is 0 Å². The fourth-order valence-corrected chi connectivity index (χ4v) is 6.56. The number of rotatable bonds is 0. The average Bonchev–Trinajstić information content (AvgIpc) is 3.14. The molecule has 110 valence electrons. The number of thiophene rings is 2. The van der Waals surface area contributed by atoms with E-state index in [1.54, 1.807) is 0 Å². The Morgan fingerprint density at radius 2 is 1.25 bits per heavy atom. The van der Waals surface area contributed by atoms with Crippen molar-refractivity contribution in [2.24, 2.45) is 0 Å². The molecule has 1 aliphatic rings. The van der Waals surface area contributed by atoms with E-state index in [1.807, 2.05) is 28.9 Å². The first-order valence-corrected chi connectivity index (χ1v) is 9.62. The minimum Gasteiger partial charge on any atom is -0.255 e. The summed E-state index contributed by atoms with van der Waals surface area (Å²) in [5.41, 5.74) is 2.42. The van der Waals surface area contributed by atoms with Crippen LogP contribution in [0.3, 0.4) is 0 Å². The fraction of sp³-hybridized carbons (Fsp3) is 0. The topological polar surface area (TPSA) is 12.9 Å². The van der Waals surface area contributed by atoms with Gasteiger partial charge in [-0.25, -0.2) is 0 Å². The molecule has 0 unspecified atom stereocenters. The van der Waals surface area contributed by atoms with Crippen LogP contribution in [0.15, 0.2) is 54.7 Å². The van der Waals surface area contributed by atoms with Gasteiger partial charge in [-0.3, -0.25) is 4.98 Å². The van der Waals surface area contributed by atoms with Crippen molar-refractivity contribution in [1.29, 1.82) is 0 Å². The molecule has 0 fully saturated rings. The monoisotopic (exact) mass is 339 g/mol. The van der Waals surface area contributed by atoms with Gasteiger partial charge in [0.15, 0.2) is 0 Å². The lowest BCUT2D eigenvalue weighted by atomic mass is 9.99. The van der Waals surface area contributed by atoms with Gasteiger partial charge in [0, 0.05) is 57.5 Å². The Labute approximate surface area is 144 Å². The summed E-state index contributed by atoms with van der Waals surface area (Å²) in [6.07, 6.45) is 1.96. The fourth-order valence-electron chi connectivity index (χ4n) is 4.33. The van der Waals surface area contributed by atoms with E-state index in [0.717, 1.165) is 5.69 Å². The van der Waals surface area contributed by atoms with Gasteiger partial charge in [0.25, 0.3) is 0 Å². The summed E-state index contributed by atoms with van der Waals surface area (Å²) in [5, 5.41) is 8.28. The molecule has 7 rings (SSSR count). The molecule has 6 aromatic rings. The number of hydrogen-bond donors (Lipinski definition) is 0. The van der Waals surface area contributed by atoms with Crippen LogP contribution in [0.1, 0.15) is 0 Å². The van der Waals surface area contributed by atoms with E-state index in [9.17, 15) is 0 Å². The molecule has 1 aliphatic carbocycles. The highest BCUT2D eigenvalue weighted by molar-refractivity contribution is 7.28. The van der Waals surface area contributed by atoms with Crippen molar-refractivity contribution in [3.63, 3.8) is 0 Å². The van der Waals surface area contributed by atoms with Crippen molar-refractivity contribution in [1.82, 2.24) is 4.98 Å². The van der Waals surface area contributed by atoms with E-state index in [0.29, 0.717) is 0 Å². The molecule has 1 nitrogen and oxygen atoms in total. The Morgan fingerprint density at radius 3 is 2.08 bits per heavy atom. The molecular weight excluding hydrogens is 330 g/mol. The molecule has 0 saturated carbocycles. The van der Waals surface area contributed by atoms with E-state index in [4.69, 9.17) is 4.98 Å². The summed E-state index contributed by atoms with van der Waals surface area (Å²) in [7, 11) is 0. The van der Waals surface area contributed by atoms with Gasteiger partial charge in [-0.05, 0) is 29.7 Å². The van der Waals surface area contributed by atoms with Crippen LogP contribution < -0.4 is 0 Å². The minimum absolute atomic E-state index is 1.14. The van der Waals surface area contributed by atoms with E-state index in [1.165, 1.54) is 56.7 Å². The Balaban J connectivity index is 2.06. The maximum Gasteiger partial charge on any atom is 0.0801 e. The number of benzene rings is 3. The third-order valence-electron chi connectivity index (χ3n) is 5.24. The zero-order chi connectivity index (χ0) is 15.4. The van der Waals surface area contributed by atoms with E-state index in [-0.39, 0.29) is 0 Å². The lowest BCUT2D eigenvalue weighted by Crippen LogP contribution is -1.85. The van der Waals surface area contributed by atoms with Gasteiger partial charge in [0.1, 0.15) is 0 Å². The number of aromatic nitrogens is 1. The molecule has 3 heterocycles. The molecule has 0 bridgehead atoms. The van der Waals surface area contributed by atoms with Gasteiger partial charge < -0.3 is 0 Å².